The number of nitro groups is 1. The van der Waals surface area contributed by atoms with Crippen LogP contribution in [-0.4, -0.2) is 36.5 Å². The van der Waals surface area contributed by atoms with E-state index in [1.807, 2.05) is 0 Å². The molecule has 1 aliphatic rings. The van der Waals surface area contributed by atoms with Gasteiger partial charge in [-0.25, -0.2) is 12.8 Å². The monoisotopic (exact) mass is 316 g/mol. The summed E-state index contributed by atoms with van der Waals surface area (Å²) in [6.07, 6.45) is 2.12. The molecule has 1 heterocycles. The highest BCUT2D eigenvalue weighted by Gasteiger charge is 2.35. The quantitative estimate of drug-likeness (QED) is 0.476. The highest BCUT2D eigenvalue weighted by molar-refractivity contribution is 7.89. The molecule has 0 spiro atoms. The number of carbonyl (C=O) groups is 1. The van der Waals surface area contributed by atoms with E-state index in [4.69, 9.17) is 0 Å². The van der Waals surface area contributed by atoms with Crippen molar-refractivity contribution in [2.45, 2.75) is 30.2 Å². The van der Waals surface area contributed by atoms with Crippen LogP contribution in [0, 0.1) is 15.9 Å². The summed E-state index contributed by atoms with van der Waals surface area (Å²) in [5.41, 5.74) is -0.519. The Bertz CT molecular complexity index is 676. The first-order chi connectivity index (χ1) is 9.87. The van der Waals surface area contributed by atoms with Crippen LogP contribution in [0.1, 0.15) is 19.3 Å². The molecule has 1 aliphatic heterocycles. The van der Waals surface area contributed by atoms with Gasteiger partial charge in [0.05, 0.1) is 11.0 Å². The van der Waals surface area contributed by atoms with Gasteiger partial charge in [-0.05, 0) is 18.9 Å². The van der Waals surface area contributed by atoms with Crippen LogP contribution < -0.4 is 0 Å². The van der Waals surface area contributed by atoms with Crippen LogP contribution >= 0.6 is 0 Å². The minimum absolute atomic E-state index is 0.0911. The fourth-order valence-electron chi connectivity index (χ4n) is 2.29. The molecule has 1 saturated heterocycles. The molecule has 1 fully saturated rings. The molecular formula is C12H13FN2O5S. The Morgan fingerprint density at radius 2 is 2.10 bits per heavy atom. The zero-order valence-electron chi connectivity index (χ0n) is 10.9. The van der Waals surface area contributed by atoms with Crippen molar-refractivity contribution in [2.24, 2.45) is 0 Å². The van der Waals surface area contributed by atoms with Crippen molar-refractivity contribution in [3.8, 4) is 0 Å². The Morgan fingerprint density at radius 1 is 1.38 bits per heavy atom. The van der Waals surface area contributed by atoms with Crippen LogP contribution in [0.2, 0.25) is 0 Å². The standard InChI is InChI=1S/C12H13FN2O5S/c13-11-5-4-9(15(17)18)7-12(11)21(19,20)14-6-2-1-3-10(14)8-16/h4-5,7-8,10H,1-3,6H2. The second-order valence-electron chi connectivity index (χ2n) is 4.69. The maximum Gasteiger partial charge on any atom is 0.270 e. The Hall–Kier alpha value is -1.87. The number of hydrogen-bond donors (Lipinski definition) is 0. The normalized spacial score (nSPS) is 20.1. The van der Waals surface area contributed by atoms with Gasteiger partial charge in [-0.2, -0.15) is 4.31 Å². The number of nitrogens with zero attached hydrogens (tertiary/aromatic N) is 2. The summed E-state index contributed by atoms with van der Waals surface area (Å²) in [5.74, 6) is -1.07. The molecule has 1 aromatic carbocycles. The first kappa shape index (κ1) is 15.5. The van der Waals surface area contributed by atoms with Crippen LogP contribution in [0.5, 0.6) is 0 Å². The molecule has 21 heavy (non-hydrogen) atoms. The first-order valence-electron chi connectivity index (χ1n) is 6.29. The summed E-state index contributed by atoms with van der Waals surface area (Å²) in [6, 6.07) is 1.45. The number of nitro benzene ring substituents is 1. The third-order valence-electron chi connectivity index (χ3n) is 3.37. The molecule has 114 valence electrons. The summed E-state index contributed by atoms with van der Waals surface area (Å²) in [7, 11) is -4.29. The zero-order chi connectivity index (χ0) is 15.6. The van der Waals surface area contributed by atoms with E-state index in [1.54, 1.807) is 0 Å². The van der Waals surface area contributed by atoms with Gasteiger partial charge in [-0.15, -0.1) is 0 Å². The van der Waals surface area contributed by atoms with Gasteiger partial charge in [0.15, 0.2) is 0 Å². The lowest BCUT2D eigenvalue weighted by Crippen LogP contribution is -2.44. The van der Waals surface area contributed by atoms with Crippen LogP contribution in [0.25, 0.3) is 0 Å². The van der Waals surface area contributed by atoms with Crippen molar-refractivity contribution in [1.82, 2.24) is 4.31 Å². The Kier molecular flexibility index (Phi) is 4.33. The van der Waals surface area contributed by atoms with Crippen molar-refractivity contribution in [3.05, 3.63) is 34.1 Å². The minimum atomic E-state index is -4.29. The number of halogens is 1. The fraction of sp³-hybridized carbons (Fsp3) is 0.417. The number of hydrogen-bond acceptors (Lipinski definition) is 5. The van der Waals surface area contributed by atoms with Gasteiger partial charge in [0.1, 0.15) is 17.0 Å². The molecule has 9 heteroatoms. The van der Waals surface area contributed by atoms with E-state index in [0.29, 0.717) is 31.6 Å². The van der Waals surface area contributed by atoms with Crippen LogP contribution in [0.15, 0.2) is 23.1 Å². The molecule has 0 saturated carbocycles. The highest BCUT2D eigenvalue weighted by Crippen LogP contribution is 2.28. The van der Waals surface area contributed by atoms with Crippen molar-refractivity contribution in [3.63, 3.8) is 0 Å². The number of piperidine rings is 1. The number of sulfonamides is 1. The van der Waals surface area contributed by atoms with Gasteiger partial charge in [0.2, 0.25) is 10.0 Å². The predicted molar refractivity (Wildman–Crippen MR) is 70.6 cm³/mol. The number of rotatable bonds is 4. The zero-order valence-corrected chi connectivity index (χ0v) is 11.8. The molecule has 0 radical (unpaired) electrons. The summed E-state index contributed by atoms with van der Waals surface area (Å²) < 4.78 is 39.6. The van der Waals surface area contributed by atoms with Crippen LogP contribution in [0.3, 0.4) is 0 Å². The average molecular weight is 316 g/mol. The third kappa shape index (κ3) is 2.93. The van der Waals surface area contributed by atoms with Crippen LogP contribution in [-0.2, 0) is 14.8 Å². The van der Waals surface area contributed by atoms with Gasteiger partial charge in [-0.1, -0.05) is 6.42 Å². The molecule has 1 unspecified atom stereocenters. The summed E-state index contributed by atoms with van der Waals surface area (Å²) in [4.78, 5) is 20.1. The van der Waals surface area contributed by atoms with E-state index >= 15 is 0 Å². The molecule has 1 aromatic rings. The predicted octanol–water partition coefficient (Wildman–Crippen LogP) is 1.48. The van der Waals surface area contributed by atoms with E-state index in [-0.39, 0.29) is 6.54 Å². The molecule has 0 amide bonds. The topological polar surface area (TPSA) is 97.6 Å². The first-order valence-corrected chi connectivity index (χ1v) is 7.73. The van der Waals surface area contributed by atoms with Gasteiger partial charge >= 0.3 is 0 Å². The van der Waals surface area contributed by atoms with Crippen molar-refractivity contribution >= 4 is 22.0 Å². The molecule has 0 bridgehead atoms. The molecule has 2 rings (SSSR count). The number of non-ortho nitro benzene ring substituents is 1. The Morgan fingerprint density at radius 3 is 2.71 bits per heavy atom. The number of carbonyl (C=O) groups excluding carboxylic acids is 1. The van der Waals surface area contributed by atoms with Crippen molar-refractivity contribution < 1.29 is 22.5 Å². The molecule has 7 nitrogen and oxygen atoms in total. The van der Waals surface area contributed by atoms with E-state index in [1.165, 1.54) is 0 Å². The van der Waals surface area contributed by atoms with Crippen LogP contribution in [0.4, 0.5) is 10.1 Å². The maximum absolute atomic E-state index is 13.8. The van der Waals surface area contributed by atoms with Gasteiger partial charge in [0.25, 0.3) is 5.69 Å². The minimum Gasteiger partial charge on any atom is -0.302 e. The van der Waals surface area contributed by atoms with Crippen molar-refractivity contribution in [2.75, 3.05) is 6.54 Å². The number of benzene rings is 1. The second kappa shape index (κ2) is 5.86. The fourth-order valence-corrected chi connectivity index (χ4v) is 4.01. The maximum atomic E-state index is 13.8. The third-order valence-corrected chi connectivity index (χ3v) is 5.31. The SMILES string of the molecule is O=CC1CCCCN1S(=O)(=O)c1cc([N+](=O)[O-])ccc1F. The summed E-state index contributed by atoms with van der Waals surface area (Å²) in [6.45, 7) is 0.0911. The van der Waals surface area contributed by atoms with E-state index in [0.717, 1.165) is 16.4 Å². The summed E-state index contributed by atoms with van der Waals surface area (Å²) in [5, 5.41) is 10.7. The molecule has 1 atom stereocenters. The number of aldehydes is 1. The Balaban J connectivity index is 2.50. The van der Waals surface area contributed by atoms with Crippen molar-refractivity contribution in [1.29, 1.82) is 0 Å². The summed E-state index contributed by atoms with van der Waals surface area (Å²) >= 11 is 0. The molecule has 0 aromatic heterocycles. The van der Waals surface area contributed by atoms with E-state index in [2.05, 4.69) is 0 Å². The van der Waals surface area contributed by atoms with Gasteiger partial charge in [0, 0.05) is 18.7 Å². The van der Waals surface area contributed by atoms with E-state index < -0.39 is 37.4 Å². The largest absolute Gasteiger partial charge is 0.302 e. The second-order valence-corrected chi connectivity index (χ2v) is 6.55. The molecule has 0 aliphatic carbocycles. The highest BCUT2D eigenvalue weighted by atomic mass is 32.2. The lowest BCUT2D eigenvalue weighted by atomic mass is 10.1. The van der Waals surface area contributed by atoms with Gasteiger partial charge < -0.3 is 4.79 Å². The smallest absolute Gasteiger partial charge is 0.270 e. The average Bonchev–Trinajstić information content (AvgIpc) is 2.47. The molecule has 0 N–H and O–H groups in total. The lowest BCUT2D eigenvalue weighted by Gasteiger charge is -2.31. The molecular weight excluding hydrogens is 303 g/mol. The lowest BCUT2D eigenvalue weighted by molar-refractivity contribution is -0.385. The van der Waals surface area contributed by atoms with Gasteiger partial charge in [-0.3, -0.25) is 10.1 Å². The van der Waals surface area contributed by atoms with E-state index in [9.17, 15) is 27.7 Å². The Labute approximate surface area is 120 Å².